The molecule has 48 heavy (non-hydrogen) atoms. The van der Waals surface area contributed by atoms with Gasteiger partial charge in [0.25, 0.3) is 0 Å². The largest absolute Gasteiger partial charge is 0.462 e. The second-order valence-corrected chi connectivity index (χ2v) is 13.8. The van der Waals surface area contributed by atoms with Crippen LogP contribution < -0.4 is 20.2 Å². The molecule has 2 aliphatic rings. The Morgan fingerprint density at radius 2 is 1.94 bits per heavy atom. The van der Waals surface area contributed by atoms with Crippen LogP contribution in [0.15, 0.2) is 36.7 Å². The highest BCUT2D eigenvalue weighted by Crippen LogP contribution is 2.66. The zero-order valence-corrected chi connectivity index (χ0v) is 28.4. The molecule has 0 radical (unpaired) electrons. The summed E-state index contributed by atoms with van der Waals surface area (Å²) in [5.41, 5.74) is 1.20. The molecule has 16 nitrogen and oxygen atoms in total. The van der Waals surface area contributed by atoms with Gasteiger partial charge < -0.3 is 29.6 Å². The van der Waals surface area contributed by atoms with Gasteiger partial charge in [-0.25, -0.2) is 18.7 Å². The lowest BCUT2D eigenvalue weighted by Crippen LogP contribution is -2.45. The van der Waals surface area contributed by atoms with Crippen LogP contribution in [0.1, 0.15) is 60.1 Å². The summed E-state index contributed by atoms with van der Waals surface area (Å²) in [5, 5.41) is 14.1. The van der Waals surface area contributed by atoms with E-state index in [1.807, 2.05) is 6.92 Å². The van der Waals surface area contributed by atoms with E-state index in [9.17, 15) is 19.3 Å². The minimum atomic E-state index is -4.47. The first kappa shape index (κ1) is 35.4. The van der Waals surface area contributed by atoms with E-state index in [2.05, 4.69) is 20.0 Å². The zero-order chi connectivity index (χ0) is 35.0. The van der Waals surface area contributed by atoms with E-state index in [4.69, 9.17) is 29.0 Å². The smallest absolute Gasteiger partial charge is 0.459 e. The van der Waals surface area contributed by atoms with Gasteiger partial charge in [0.2, 0.25) is 5.95 Å². The number of para-hydroxylation sites is 1. The SMILES string of the molecule is CCCCCOC(=O)N(C)c1nc(N)nc2c1ncn2[C@@H]1O[C@@H]2C(OP(=O)(N[C@@H](C)C(=O)OC(C)C)Oc3ccccc3)[C@]2(O)[C@@]1(C)F. The molecule has 1 saturated heterocycles. The van der Waals surface area contributed by atoms with Crippen LogP contribution in [-0.2, 0) is 28.1 Å². The second-order valence-electron chi connectivity index (χ2n) is 12.2. The van der Waals surface area contributed by atoms with E-state index in [1.54, 1.807) is 32.0 Å². The number of ether oxygens (including phenoxy) is 3. The van der Waals surface area contributed by atoms with Gasteiger partial charge in [-0.15, -0.1) is 0 Å². The Balaban J connectivity index is 1.37. The number of rotatable bonds is 14. The molecule has 4 N–H and O–H groups in total. The quantitative estimate of drug-likeness (QED) is 0.124. The van der Waals surface area contributed by atoms with Crippen LogP contribution in [-0.4, -0.2) is 86.0 Å². The average Bonchev–Trinajstić information content (AvgIpc) is 3.27. The summed E-state index contributed by atoms with van der Waals surface area (Å²) in [6.07, 6.45) is -1.66. The predicted molar refractivity (Wildman–Crippen MR) is 171 cm³/mol. The first-order valence-corrected chi connectivity index (χ1v) is 17.2. The van der Waals surface area contributed by atoms with Crippen molar-refractivity contribution in [3.05, 3.63) is 36.7 Å². The Hall–Kier alpha value is -3.89. The molecule has 3 heterocycles. The van der Waals surface area contributed by atoms with Gasteiger partial charge in [0.15, 0.2) is 34.5 Å². The summed E-state index contributed by atoms with van der Waals surface area (Å²) in [4.78, 5) is 39.0. The number of nitrogens with zero attached hydrogens (tertiary/aromatic N) is 5. The number of esters is 1. The number of aliphatic hydroxyl groups is 1. The first-order chi connectivity index (χ1) is 22.6. The molecule has 7 atom stereocenters. The van der Waals surface area contributed by atoms with Crippen molar-refractivity contribution in [3.63, 3.8) is 0 Å². The van der Waals surface area contributed by atoms with Gasteiger partial charge >= 0.3 is 19.8 Å². The highest BCUT2D eigenvalue weighted by Gasteiger charge is 2.85. The van der Waals surface area contributed by atoms with Crippen molar-refractivity contribution in [3.8, 4) is 5.75 Å². The van der Waals surface area contributed by atoms with E-state index in [0.29, 0.717) is 6.42 Å². The lowest BCUT2D eigenvalue weighted by Gasteiger charge is -2.32. The van der Waals surface area contributed by atoms with Gasteiger partial charge in [-0.2, -0.15) is 15.1 Å². The summed E-state index contributed by atoms with van der Waals surface area (Å²) < 4.78 is 59.9. The highest BCUT2D eigenvalue weighted by atomic mass is 31.2. The van der Waals surface area contributed by atoms with E-state index >= 15 is 4.39 Å². The molecule has 2 unspecified atom stereocenters. The summed E-state index contributed by atoms with van der Waals surface area (Å²) in [6, 6.07) is 6.84. The van der Waals surface area contributed by atoms with Crippen LogP contribution in [0.4, 0.5) is 21.0 Å². The number of carbonyl (C=O) groups excluding carboxylic acids is 2. The molecule has 18 heteroatoms. The Kier molecular flexibility index (Phi) is 10.00. The van der Waals surface area contributed by atoms with Gasteiger partial charge in [-0.3, -0.25) is 18.8 Å². The Bertz CT molecular complexity index is 1690. The number of carbonyl (C=O) groups is 2. The lowest BCUT2D eigenvalue weighted by molar-refractivity contribution is -0.149. The Labute approximate surface area is 276 Å². The van der Waals surface area contributed by atoms with Crippen molar-refractivity contribution < 1.29 is 46.9 Å². The number of aromatic nitrogens is 4. The van der Waals surface area contributed by atoms with E-state index in [1.165, 1.54) is 37.0 Å². The molecule has 1 aromatic carbocycles. The molecular formula is C30H41FN7O9P. The maximum atomic E-state index is 16.8. The third-order valence-electron chi connectivity index (χ3n) is 8.07. The van der Waals surface area contributed by atoms with Crippen molar-refractivity contribution >= 4 is 42.7 Å². The van der Waals surface area contributed by atoms with E-state index in [-0.39, 0.29) is 35.3 Å². The normalized spacial score (nSPS) is 26.5. The topological polar surface area (TPSA) is 202 Å². The molecule has 262 valence electrons. The minimum absolute atomic E-state index is 0.0237. The molecule has 5 rings (SSSR count). The molecule has 1 aliphatic carbocycles. The second kappa shape index (κ2) is 13.6. The molecule has 2 aromatic heterocycles. The molecule has 1 amide bonds. The van der Waals surface area contributed by atoms with Crippen molar-refractivity contribution in [1.29, 1.82) is 0 Å². The number of anilines is 2. The number of nitrogens with one attached hydrogen (secondary N) is 1. The van der Waals surface area contributed by atoms with Crippen molar-refractivity contribution in [2.24, 2.45) is 0 Å². The minimum Gasteiger partial charge on any atom is -0.462 e. The molecule has 1 aliphatic heterocycles. The lowest BCUT2D eigenvalue weighted by atomic mass is 9.97. The number of nitrogen functional groups attached to an aromatic ring is 1. The fourth-order valence-corrected chi connectivity index (χ4v) is 7.17. The summed E-state index contributed by atoms with van der Waals surface area (Å²) in [7, 11) is -3.04. The van der Waals surface area contributed by atoms with Gasteiger partial charge in [0.05, 0.1) is 19.0 Å². The van der Waals surface area contributed by atoms with Gasteiger partial charge in [-0.05, 0) is 46.2 Å². The van der Waals surface area contributed by atoms with Crippen LogP contribution in [0.5, 0.6) is 5.75 Å². The number of halogens is 1. The first-order valence-electron chi connectivity index (χ1n) is 15.6. The Morgan fingerprint density at radius 3 is 2.56 bits per heavy atom. The highest BCUT2D eigenvalue weighted by molar-refractivity contribution is 7.52. The molecular weight excluding hydrogens is 652 g/mol. The number of imidazole rings is 1. The number of benzene rings is 1. The number of hydrogen-bond acceptors (Lipinski definition) is 13. The van der Waals surface area contributed by atoms with Gasteiger partial charge in [0, 0.05) is 7.05 Å². The van der Waals surface area contributed by atoms with Crippen molar-refractivity contribution in [1.82, 2.24) is 24.6 Å². The third kappa shape index (κ3) is 6.69. The number of fused-ring (bicyclic) bond motifs is 2. The zero-order valence-electron chi connectivity index (χ0n) is 27.5. The van der Waals surface area contributed by atoms with Gasteiger partial charge in [-0.1, -0.05) is 38.0 Å². The molecule has 0 bridgehead atoms. The number of unbranched alkanes of at least 4 members (excludes halogenated alkanes) is 2. The number of nitrogens with two attached hydrogens (primary N) is 1. The third-order valence-corrected chi connectivity index (χ3v) is 9.73. The fourth-order valence-electron chi connectivity index (χ4n) is 5.46. The number of alkyl halides is 1. The average molecular weight is 694 g/mol. The van der Waals surface area contributed by atoms with E-state index < -0.39 is 61.7 Å². The van der Waals surface area contributed by atoms with Gasteiger partial charge in [0.1, 0.15) is 24.0 Å². The fraction of sp³-hybridized carbons (Fsp3) is 0.567. The van der Waals surface area contributed by atoms with Crippen LogP contribution in [0.25, 0.3) is 11.2 Å². The molecule has 2 fully saturated rings. The standard InChI is InChI=1S/C30H41FN7O9P/c1-7-8-12-15-43-28(40)37(6)23-20-24(35-27(32)34-23)38(16-33-20)26-29(5,31)30(41)21(45-26)22(30)47-48(42,46-19-13-10-9-11-14-19)36-18(4)25(39)44-17(2)3/h9-11,13-14,16-18,21-22,26,41H,7-8,12,15H2,1-6H3,(H,36,42)(H2,32,34,35)/t18-,21+,22?,26+,29-,30-,48?/m0/s1. The van der Waals surface area contributed by atoms with Crippen molar-refractivity contribution in [2.45, 2.75) is 95.7 Å². The van der Waals surface area contributed by atoms with Crippen LogP contribution in [0.3, 0.4) is 0 Å². The summed E-state index contributed by atoms with van der Waals surface area (Å²) in [5.74, 6) is -0.806. The maximum Gasteiger partial charge on any atom is 0.459 e. The van der Waals surface area contributed by atoms with Crippen LogP contribution in [0, 0.1) is 0 Å². The van der Waals surface area contributed by atoms with Crippen molar-refractivity contribution in [2.75, 3.05) is 24.3 Å². The molecule has 1 saturated carbocycles. The molecule has 0 spiro atoms. The maximum absolute atomic E-state index is 16.8. The molecule has 3 aromatic rings. The number of amides is 1. The monoisotopic (exact) mass is 693 g/mol. The number of hydrogen-bond donors (Lipinski definition) is 3. The summed E-state index contributed by atoms with van der Waals surface area (Å²) >= 11 is 0. The van der Waals surface area contributed by atoms with Crippen LogP contribution in [0.2, 0.25) is 0 Å². The predicted octanol–water partition coefficient (Wildman–Crippen LogP) is 4.04. The van der Waals surface area contributed by atoms with Crippen LogP contribution >= 0.6 is 7.75 Å². The Morgan fingerprint density at radius 1 is 1.23 bits per heavy atom. The van der Waals surface area contributed by atoms with E-state index in [0.717, 1.165) is 24.7 Å². The summed E-state index contributed by atoms with van der Waals surface area (Å²) in [6.45, 7) is 8.06.